The molecule has 6 atom stereocenters. The molecule has 6 N–H and O–H groups in total. The number of azo groups is 1. The topological polar surface area (TPSA) is 525 Å². The van der Waals surface area contributed by atoms with E-state index in [-0.39, 0.29) is 227 Å². The van der Waals surface area contributed by atoms with Gasteiger partial charge in [-0.3, -0.25) is 50.3 Å². The van der Waals surface area contributed by atoms with Crippen LogP contribution in [0.25, 0.3) is 0 Å². The Labute approximate surface area is 669 Å². The van der Waals surface area contributed by atoms with Gasteiger partial charge in [0.1, 0.15) is 31.2 Å². The van der Waals surface area contributed by atoms with E-state index < -0.39 is 43.1 Å². The monoisotopic (exact) mass is 1740 g/mol. The van der Waals surface area contributed by atoms with Crippen LogP contribution in [-0.2, 0) is 152 Å². The van der Waals surface area contributed by atoms with Gasteiger partial charge in [-0.15, -0.1) is 10.2 Å². The summed E-state index contributed by atoms with van der Waals surface area (Å²) in [7, 11) is -16.0. The van der Waals surface area contributed by atoms with E-state index >= 15 is 0 Å². The van der Waals surface area contributed by atoms with Gasteiger partial charge in [0.15, 0.2) is 11.5 Å². The Morgan fingerprint density at radius 3 is 1.04 bits per heavy atom. The van der Waals surface area contributed by atoms with E-state index in [9.17, 15) is 42.8 Å². The van der Waals surface area contributed by atoms with Gasteiger partial charge in [-0.1, -0.05) is 16.8 Å². The fraction of sp³-hybridized carbons (Fsp3) is 0.803. The summed E-state index contributed by atoms with van der Waals surface area (Å²) < 4.78 is 189. The van der Waals surface area contributed by atoms with Crippen LogP contribution in [0.15, 0.2) is 46.5 Å². The molecule has 0 fully saturated rings. The average Bonchev–Trinajstić information content (AvgIpc) is 1.47. The number of nitrogens with one attached hydrogen (secondary N) is 1. The summed E-state index contributed by atoms with van der Waals surface area (Å²) in [5, 5.41) is 37.8. The van der Waals surface area contributed by atoms with E-state index in [4.69, 9.17) is 117 Å². The number of amides is 1. The molecule has 0 spiro atoms. The first-order valence-electron chi connectivity index (χ1n) is 37.6. The summed E-state index contributed by atoms with van der Waals surface area (Å²) in [5.41, 5.74) is 1.94. The highest BCUT2D eigenvalue weighted by molar-refractivity contribution is 7.48. The molecule has 2 aromatic heterocycles. The molecule has 0 saturated carbocycles. The zero-order chi connectivity index (χ0) is 83.0. The van der Waals surface area contributed by atoms with E-state index in [1.165, 1.54) is 0 Å². The first-order valence-corrected chi connectivity index (χ1v) is 43.6. The van der Waals surface area contributed by atoms with Crippen molar-refractivity contribution in [2.75, 3.05) is 271 Å². The lowest BCUT2D eigenvalue weighted by Crippen LogP contribution is -2.25. The largest absolute Gasteiger partial charge is 0.483 e. The van der Waals surface area contributed by atoms with Crippen LogP contribution in [-0.4, -0.2) is 338 Å². The molecule has 45 nitrogen and oxygen atoms in total. The van der Waals surface area contributed by atoms with E-state index in [0.29, 0.717) is 129 Å². The number of aliphatic hydroxyl groups excluding tert-OH is 1. The summed E-state index contributed by atoms with van der Waals surface area (Å²) in [5.74, 6) is -0.257. The Hall–Kier alpha value is -4.49. The number of hydrogen-bond acceptors (Lipinski definition) is 38. The normalized spacial score (nSPS) is 15.3. The van der Waals surface area contributed by atoms with Gasteiger partial charge in [-0.25, -0.2) is 18.3 Å². The van der Waals surface area contributed by atoms with Crippen LogP contribution in [0.5, 0.6) is 17.2 Å². The smallest absolute Gasteiger partial charge is 0.472 e. The second-order valence-corrected chi connectivity index (χ2v) is 29.7. The molecule has 1 aliphatic rings. The molecule has 1 aromatic carbocycles. The van der Waals surface area contributed by atoms with Crippen LogP contribution in [0, 0.1) is 5.92 Å². The van der Waals surface area contributed by atoms with Crippen LogP contribution in [0.4, 0.5) is 0 Å². The Balaban J connectivity index is 0.854. The van der Waals surface area contributed by atoms with E-state index in [1.807, 2.05) is 26.8 Å². The molecule has 0 aliphatic carbocycles. The molecule has 49 heteroatoms. The molecular weight excluding hydrogens is 1620 g/mol. The van der Waals surface area contributed by atoms with Crippen molar-refractivity contribution < 1.29 is 169 Å². The second kappa shape index (κ2) is 65.3. The molecule has 3 heterocycles. The Bertz CT molecular complexity index is 3160. The first-order chi connectivity index (χ1) is 55.7. The number of benzene rings is 1. The number of unbranched alkanes of at least 4 members (excludes halogenated alkanes) is 1. The number of carbonyl (C=O) groups is 1. The predicted octanol–water partition coefficient (Wildman–Crippen LogP) is 4.11. The lowest BCUT2D eigenvalue weighted by atomic mass is 10.0. The molecule has 0 radical (unpaired) electrons. The highest BCUT2D eigenvalue weighted by Gasteiger charge is 2.26. The molecule has 3 aromatic rings. The summed E-state index contributed by atoms with van der Waals surface area (Å²) in [6.07, 6.45) is 6.85. The summed E-state index contributed by atoms with van der Waals surface area (Å²) in [6.45, 7) is 12.7. The number of phosphoric acid groups is 4. The number of phosphoric ester groups is 4. The van der Waals surface area contributed by atoms with Gasteiger partial charge in [0.2, 0.25) is 5.75 Å². The van der Waals surface area contributed by atoms with Crippen molar-refractivity contribution in [3.63, 3.8) is 0 Å². The van der Waals surface area contributed by atoms with E-state index in [1.54, 1.807) is 33.9 Å². The first kappa shape index (κ1) is 103. The fourth-order valence-electron chi connectivity index (χ4n) is 8.89. The number of rotatable bonds is 82. The van der Waals surface area contributed by atoms with Crippen LogP contribution in [0.2, 0.25) is 0 Å². The van der Waals surface area contributed by atoms with Gasteiger partial charge in [0.25, 0.3) is 5.91 Å². The third-order valence-corrected chi connectivity index (χ3v) is 18.7. The van der Waals surface area contributed by atoms with Gasteiger partial charge in [-0.2, -0.15) is 10.2 Å². The zero-order valence-electron chi connectivity index (χ0n) is 66.0. The van der Waals surface area contributed by atoms with Gasteiger partial charge < -0.3 is 115 Å². The quantitative estimate of drug-likeness (QED) is 0.0342. The molecule has 115 heavy (non-hydrogen) atoms. The molecular formula is C66H119N9O36P4. The van der Waals surface area contributed by atoms with Crippen LogP contribution in [0.3, 0.4) is 0 Å². The Morgan fingerprint density at radius 1 is 0.443 bits per heavy atom. The SMILES string of the molecule is CCn1cc(COc2cc(C(=O)NCCCCC(CO)COP(=O)(O)OCCOCCOCCOCCOCCOCCOP(=O)(O)OCCOCCOCCOCCOCCOCCOP(=O)(O)OCCOCCOCCOCCOCCOCCOP(=O)(O)OC)cc(OCc3cn(CC)nn3)c2OCC2=CC(C)N=N2)nn1. The minimum Gasteiger partial charge on any atom is -0.483 e. The molecule has 0 saturated heterocycles. The van der Waals surface area contributed by atoms with Crippen LogP contribution < -0.4 is 19.5 Å². The van der Waals surface area contributed by atoms with Crippen LogP contribution >= 0.6 is 31.3 Å². The fourth-order valence-corrected chi connectivity index (χ4v) is 11.4. The third kappa shape index (κ3) is 54.4. The summed E-state index contributed by atoms with van der Waals surface area (Å²) in [4.78, 5) is 52.8. The Kier molecular flexibility index (Phi) is 58.4. The second-order valence-electron chi connectivity index (χ2n) is 23.8. The van der Waals surface area contributed by atoms with Crippen molar-refractivity contribution in [2.45, 2.75) is 72.4 Å². The van der Waals surface area contributed by atoms with E-state index in [0.717, 1.165) is 7.11 Å². The number of ether oxygens (including phenoxy) is 18. The average molecular weight is 1740 g/mol. The predicted molar refractivity (Wildman–Crippen MR) is 401 cm³/mol. The van der Waals surface area contributed by atoms with Gasteiger partial charge in [-0.05, 0) is 51.8 Å². The Morgan fingerprint density at radius 2 is 0.757 bits per heavy atom. The minimum atomic E-state index is -4.46. The van der Waals surface area contributed by atoms with Crippen molar-refractivity contribution in [1.82, 2.24) is 35.3 Å². The molecule has 664 valence electrons. The van der Waals surface area contributed by atoms with Gasteiger partial charge in [0, 0.05) is 44.8 Å². The van der Waals surface area contributed by atoms with Gasteiger partial charge >= 0.3 is 31.3 Å². The van der Waals surface area contributed by atoms with E-state index in [2.05, 4.69) is 45.2 Å². The summed E-state index contributed by atoms with van der Waals surface area (Å²) in [6, 6.07) is 3.01. The third-order valence-electron chi connectivity index (χ3n) is 14.7. The van der Waals surface area contributed by atoms with Crippen molar-refractivity contribution in [1.29, 1.82) is 0 Å². The molecule has 4 rings (SSSR count). The molecule has 1 aliphatic heterocycles. The molecule has 6 unspecified atom stereocenters. The number of carbonyl (C=O) groups excluding carboxylic acids is 1. The van der Waals surface area contributed by atoms with Crippen molar-refractivity contribution >= 4 is 37.2 Å². The lowest BCUT2D eigenvalue weighted by molar-refractivity contribution is -0.0178. The lowest BCUT2D eigenvalue weighted by Gasteiger charge is -2.18. The van der Waals surface area contributed by atoms with Crippen LogP contribution in [0.1, 0.15) is 61.8 Å². The van der Waals surface area contributed by atoms with Gasteiger partial charge in [0.05, 0.1) is 269 Å². The number of aliphatic hydroxyl groups is 1. The number of aryl methyl sites for hydroxylation is 2. The number of hydrogen-bond donors (Lipinski definition) is 6. The van der Waals surface area contributed by atoms with Crippen molar-refractivity contribution in [3.05, 3.63) is 53.3 Å². The molecule has 0 bridgehead atoms. The molecule has 1 amide bonds. The standard InChI is InChI=1S/C66H119N9O36P4/c1-5-74-50-61(70-72-74)55-102-63-48-59(49-64(103-56-62-51-75(6-2)73-71-62)65(63)104-54-60-47-57(3)68-69-60)66(77)67-10-8-7-9-58(52-76)53-111-115(84,85)110-46-40-101-34-28-95-22-16-89-15-21-94-27-33-100-39-45-109-114(82,83)108-44-38-99-32-26-93-20-14-88-13-19-92-25-31-98-37-43-107-113(80,81)106-42-36-97-30-24-91-18-12-87-11-17-90-23-29-96-35-41-105-112(78,79)86-4/h47-51,57-58,76H,5-46,52-56H2,1-4H3,(H,67,77)(H,78,79)(H,80,81)(H,82,83)(H,84,85). The zero-order valence-corrected chi connectivity index (χ0v) is 69.6. The maximum absolute atomic E-state index is 13.7. The highest BCUT2D eigenvalue weighted by Crippen LogP contribution is 2.46. The summed E-state index contributed by atoms with van der Waals surface area (Å²) >= 11 is 0. The minimum absolute atomic E-state index is 0.0117. The number of nitrogens with zero attached hydrogens (tertiary/aromatic N) is 8. The van der Waals surface area contributed by atoms with Crippen molar-refractivity contribution in [3.8, 4) is 17.2 Å². The maximum Gasteiger partial charge on any atom is 0.472 e. The highest BCUT2D eigenvalue weighted by atomic mass is 31.2. The number of aromatic nitrogens is 6. The van der Waals surface area contributed by atoms with Crippen molar-refractivity contribution in [2.24, 2.45) is 16.1 Å². The maximum atomic E-state index is 13.7.